The van der Waals surface area contributed by atoms with Crippen molar-refractivity contribution in [3.05, 3.63) is 65.2 Å². The molecule has 0 radical (unpaired) electrons. The van der Waals surface area contributed by atoms with Gasteiger partial charge in [0.1, 0.15) is 5.82 Å². The molecule has 1 aliphatic rings. The number of benzene rings is 1. The second kappa shape index (κ2) is 7.66. The zero-order valence-electron chi connectivity index (χ0n) is 13.7. The SMILES string of the molecule is CCc1ccc(CN2CCN(Cc3cccc(F)c3)CC2)nc1. The van der Waals surface area contributed by atoms with Crippen molar-refractivity contribution in [1.82, 2.24) is 14.8 Å². The third-order valence-corrected chi connectivity index (χ3v) is 4.44. The fourth-order valence-corrected chi connectivity index (χ4v) is 2.99. The molecule has 2 aromatic rings. The van der Waals surface area contributed by atoms with Gasteiger partial charge in [0.15, 0.2) is 0 Å². The molecule has 4 heteroatoms. The third kappa shape index (κ3) is 4.60. The summed E-state index contributed by atoms with van der Waals surface area (Å²) < 4.78 is 13.2. The molecule has 0 unspecified atom stereocenters. The first kappa shape index (κ1) is 16.1. The molecule has 0 spiro atoms. The van der Waals surface area contributed by atoms with Gasteiger partial charge in [-0.15, -0.1) is 0 Å². The molecule has 1 aromatic heterocycles. The van der Waals surface area contributed by atoms with Crippen LogP contribution in [0.25, 0.3) is 0 Å². The van der Waals surface area contributed by atoms with Crippen LogP contribution in [-0.4, -0.2) is 41.0 Å². The van der Waals surface area contributed by atoms with Gasteiger partial charge in [-0.1, -0.05) is 25.1 Å². The van der Waals surface area contributed by atoms with E-state index in [0.29, 0.717) is 0 Å². The van der Waals surface area contributed by atoms with E-state index in [-0.39, 0.29) is 5.82 Å². The lowest BCUT2D eigenvalue weighted by atomic mass is 10.2. The van der Waals surface area contributed by atoms with E-state index in [0.717, 1.165) is 56.9 Å². The molecule has 3 rings (SSSR count). The average molecular weight is 313 g/mol. The maximum Gasteiger partial charge on any atom is 0.123 e. The Kier molecular flexibility index (Phi) is 5.36. The van der Waals surface area contributed by atoms with Gasteiger partial charge in [0.05, 0.1) is 5.69 Å². The van der Waals surface area contributed by atoms with Crippen LogP contribution in [0.5, 0.6) is 0 Å². The number of aryl methyl sites for hydroxylation is 1. The summed E-state index contributed by atoms with van der Waals surface area (Å²) in [7, 11) is 0. The summed E-state index contributed by atoms with van der Waals surface area (Å²) in [6.45, 7) is 7.99. The lowest BCUT2D eigenvalue weighted by Crippen LogP contribution is -2.45. The molecule has 1 aromatic carbocycles. The Hall–Kier alpha value is -1.78. The van der Waals surface area contributed by atoms with Crippen molar-refractivity contribution in [1.29, 1.82) is 0 Å². The minimum absolute atomic E-state index is 0.150. The number of piperazine rings is 1. The van der Waals surface area contributed by atoms with E-state index in [1.165, 1.54) is 11.6 Å². The molecule has 3 nitrogen and oxygen atoms in total. The van der Waals surface area contributed by atoms with E-state index in [4.69, 9.17) is 0 Å². The van der Waals surface area contributed by atoms with E-state index in [2.05, 4.69) is 33.8 Å². The van der Waals surface area contributed by atoms with Crippen molar-refractivity contribution >= 4 is 0 Å². The minimum Gasteiger partial charge on any atom is -0.297 e. The van der Waals surface area contributed by atoms with Crippen molar-refractivity contribution in [2.24, 2.45) is 0 Å². The van der Waals surface area contributed by atoms with Gasteiger partial charge in [0.2, 0.25) is 0 Å². The molecule has 1 fully saturated rings. The lowest BCUT2D eigenvalue weighted by molar-refractivity contribution is 0.121. The van der Waals surface area contributed by atoms with Gasteiger partial charge in [0.25, 0.3) is 0 Å². The van der Waals surface area contributed by atoms with Crippen LogP contribution < -0.4 is 0 Å². The predicted molar refractivity (Wildman–Crippen MR) is 90.6 cm³/mol. The number of hydrogen-bond acceptors (Lipinski definition) is 3. The average Bonchev–Trinajstić information content (AvgIpc) is 2.57. The van der Waals surface area contributed by atoms with Crippen molar-refractivity contribution in [2.45, 2.75) is 26.4 Å². The van der Waals surface area contributed by atoms with Crippen LogP contribution in [0.1, 0.15) is 23.7 Å². The maximum atomic E-state index is 13.2. The largest absolute Gasteiger partial charge is 0.297 e. The highest BCUT2D eigenvalue weighted by atomic mass is 19.1. The first-order valence-corrected chi connectivity index (χ1v) is 8.36. The Morgan fingerprint density at radius 2 is 1.70 bits per heavy atom. The third-order valence-electron chi connectivity index (χ3n) is 4.44. The molecule has 0 amide bonds. The van der Waals surface area contributed by atoms with Gasteiger partial charge in [-0.2, -0.15) is 0 Å². The summed E-state index contributed by atoms with van der Waals surface area (Å²) in [5, 5.41) is 0. The number of pyridine rings is 1. The summed E-state index contributed by atoms with van der Waals surface area (Å²) in [5.74, 6) is -0.150. The molecular formula is C19H24FN3. The van der Waals surface area contributed by atoms with Crippen molar-refractivity contribution in [3.63, 3.8) is 0 Å². The molecule has 23 heavy (non-hydrogen) atoms. The number of aromatic nitrogens is 1. The molecule has 0 saturated carbocycles. The van der Waals surface area contributed by atoms with Gasteiger partial charge in [-0.25, -0.2) is 4.39 Å². The second-order valence-electron chi connectivity index (χ2n) is 6.19. The van der Waals surface area contributed by atoms with Crippen molar-refractivity contribution < 1.29 is 4.39 Å². The Balaban J connectivity index is 1.48. The monoisotopic (exact) mass is 313 g/mol. The van der Waals surface area contributed by atoms with Gasteiger partial charge in [-0.05, 0) is 35.7 Å². The molecule has 1 saturated heterocycles. The molecule has 0 aliphatic carbocycles. The highest BCUT2D eigenvalue weighted by Gasteiger charge is 2.17. The zero-order chi connectivity index (χ0) is 16.1. The van der Waals surface area contributed by atoms with E-state index in [1.807, 2.05) is 12.3 Å². The van der Waals surface area contributed by atoms with E-state index >= 15 is 0 Å². The van der Waals surface area contributed by atoms with Crippen LogP contribution in [0.4, 0.5) is 4.39 Å². The molecule has 122 valence electrons. The maximum absolute atomic E-state index is 13.2. The van der Waals surface area contributed by atoms with Crippen molar-refractivity contribution in [2.75, 3.05) is 26.2 Å². The van der Waals surface area contributed by atoms with Gasteiger partial charge < -0.3 is 0 Å². The quantitative estimate of drug-likeness (QED) is 0.845. The molecular weight excluding hydrogens is 289 g/mol. The van der Waals surface area contributed by atoms with Crippen LogP contribution >= 0.6 is 0 Å². The smallest absolute Gasteiger partial charge is 0.123 e. The number of nitrogens with zero attached hydrogens (tertiary/aromatic N) is 3. The van der Waals surface area contributed by atoms with Crippen LogP contribution in [0.15, 0.2) is 42.6 Å². The summed E-state index contributed by atoms with van der Waals surface area (Å²) in [4.78, 5) is 9.37. The van der Waals surface area contributed by atoms with Crippen molar-refractivity contribution in [3.8, 4) is 0 Å². The number of rotatable bonds is 5. The standard InChI is InChI=1S/C19H24FN3/c1-2-16-6-7-19(21-13-16)15-23-10-8-22(9-11-23)14-17-4-3-5-18(20)12-17/h3-7,12-13H,2,8-11,14-15H2,1H3. The predicted octanol–water partition coefficient (Wildman–Crippen LogP) is 3.10. The zero-order valence-corrected chi connectivity index (χ0v) is 13.7. The van der Waals surface area contributed by atoms with E-state index in [1.54, 1.807) is 12.1 Å². The van der Waals surface area contributed by atoms with Gasteiger partial charge >= 0.3 is 0 Å². The first-order valence-electron chi connectivity index (χ1n) is 8.36. The summed E-state index contributed by atoms with van der Waals surface area (Å²) in [6, 6.07) is 11.2. The fraction of sp³-hybridized carbons (Fsp3) is 0.421. The van der Waals surface area contributed by atoms with Crippen LogP contribution in [0.3, 0.4) is 0 Å². The van der Waals surface area contributed by atoms with Crippen LogP contribution in [0, 0.1) is 5.82 Å². The van der Waals surface area contributed by atoms with Gasteiger partial charge in [0, 0.05) is 45.5 Å². The minimum atomic E-state index is -0.150. The Morgan fingerprint density at radius 1 is 0.957 bits per heavy atom. The highest BCUT2D eigenvalue weighted by Crippen LogP contribution is 2.12. The molecule has 2 heterocycles. The number of halogens is 1. The Bertz CT molecular complexity index is 619. The molecule has 0 bridgehead atoms. The fourth-order valence-electron chi connectivity index (χ4n) is 2.99. The van der Waals surface area contributed by atoms with E-state index < -0.39 is 0 Å². The molecule has 0 N–H and O–H groups in total. The summed E-state index contributed by atoms with van der Waals surface area (Å²) >= 11 is 0. The summed E-state index contributed by atoms with van der Waals surface area (Å²) in [6.07, 6.45) is 3.02. The first-order chi connectivity index (χ1) is 11.2. The number of hydrogen-bond donors (Lipinski definition) is 0. The summed E-state index contributed by atoms with van der Waals surface area (Å²) in [5.41, 5.74) is 3.48. The highest BCUT2D eigenvalue weighted by molar-refractivity contribution is 5.16. The lowest BCUT2D eigenvalue weighted by Gasteiger charge is -2.34. The Labute approximate surface area is 137 Å². The van der Waals surface area contributed by atoms with Crippen LogP contribution in [0.2, 0.25) is 0 Å². The second-order valence-corrected chi connectivity index (χ2v) is 6.19. The topological polar surface area (TPSA) is 19.4 Å². The molecule has 0 atom stereocenters. The Morgan fingerprint density at radius 3 is 2.30 bits per heavy atom. The van der Waals surface area contributed by atoms with Gasteiger partial charge in [-0.3, -0.25) is 14.8 Å². The van der Waals surface area contributed by atoms with Crippen LogP contribution in [-0.2, 0) is 19.5 Å². The van der Waals surface area contributed by atoms with E-state index in [9.17, 15) is 4.39 Å². The molecule has 1 aliphatic heterocycles. The normalized spacial score (nSPS) is 16.6.